The van der Waals surface area contributed by atoms with Gasteiger partial charge in [0.1, 0.15) is 0 Å². The Balaban J connectivity index is 2.53. The molecule has 1 aliphatic rings. The molecule has 0 aromatic carbocycles. The predicted octanol–water partition coefficient (Wildman–Crippen LogP) is 1.30. The number of hydrogen-bond acceptors (Lipinski definition) is 3. The molecule has 0 aromatic rings. The van der Waals surface area contributed by atoms with Crippen LogP contribution < -0.4 is 0 Å². The van der Waals surface area contributed by atoms with E-state index in [2.05, 4.69) is 0 Å². The fraction of sp³-hybridized carbons (Fsp3) is 0.833. The Hall–Kier alpha value is -1.06. The van der Waals surface area contributed by atoms with E-state index in [4.69, 9.17) is 4.74 Å². The molecule has 0 spiro atoms. The third-order valence-corrected chi connectivity index (χ3v) is 3.42. The van der Waals surface area contributed by atoms with Crippen LogP contribution in [0.25, 0.3) is 0 Å². The summed E-state index contributed by atoms with van der Waals surface area (Å²) in [6, 6.07) is 0. The van der Waals surface area contributed by atoms with E-state index in [0.29, 0.717) is 19.0 Å². The van der Waals surface area contributed by atoms with Crippen LogP contribution in [0.3, 0.4) is 0 Å². The van der Waals surface area contributed by atoms with Crippen LogP contribution in [0.5, 0.6) is 0 Å². The Morgan fingerprint density at radius 3 is 2.44 bits per heavy atom. The maximum Gasteiger partial charge on any atom is 0.310 e. The van der Waals surface area contributed by atoms with Gasteiger partial charge in [-0.25, -0.2) is 0 Å². The molecule has 2 atom stereocenters. The highest BCUT2D eigenvalue weighted by Gasteiger charge is 2.33. The van der Waals surface area contributed by atoms with Crippen molar-refractivity contribution in [3.05, 3.63) is 0 Å². The van der Waals surface area contributed by atoms with Crippen LogP contribution in [0.4, 0.5) is 0 Å². The molecule has 2 unspecified atom stereocenters. The van der Waals surface area contributed by atoms with Crippen LogP contribution in [-0.4, -0.2) is 37.0 Å². The van der Waals surface area contributed by atoms with Crippen molar-refractivity contribution in [3.8, 4) is 0 Å². The molecule has 0 saturated carbocycles. The van der Waals surface area contributed by atoms with Crippen molar-refractivity contribution in [2.24, 2.45) is 17.8 Å². The van der Waals surface area contributed by atoms with E-state index in [-0.39, 0.29) is 23.7 Å². The van der Waals surface area contributed by atoms with E-state index in [1.807, 2.05) is 20.8 Å². The van der Waals surface area contributed by atoms with E-state index < -0.39 is 0 Å². The number of amides is 1. The lowest BCUT2D eigenvalue weighted by Gasteiger charge is -2.22. The van der Waals surface area contributed by atoms with Crippen molar-refractivity contribution in [2.45, 2.75) is 27.2 Å². The topological polar surface area (TPSA) is 46.6 Å². The van der Waals surface area contributed by atoms with Gasteiger partial charge in [0.15, 0.2) is 0 Å². The number of methoxy groups -OCH3 is 1. The molecule has 4 heteroatoms. The number of rotatable bonds is 3. The molecule has 1 heterocycles. The van der Waals surface area contributed by atoms with Crippen molar-refractivity contribution in [2.75, 3.05) is 20.2 Å². The summed E-state index contributed by atoms with van der Waals surface area (Å²) in [6.45, 7) is 7.21. The molecule has 0 aromatic heterocycles. The van der Waals surface area contributed by atoms with E-state index >= 15 is 0 Å². The van der Waals surface area contributed by atoms with E-state index in [0.717, 1.165) is 6.42 Å². The minimum atomic E-state index is -0.201. The maximum atomic E-state index is 12.0. The molecule has 1 rings (SSSR count). The fourth-order valence-electron chi connectivity index (χ4n) is 1.89. The highest BCUT2D eigenvalue weighted by molar-refractivity contribution is 5.81. The lowest BCUT2D eigenvalue weighted by molar-refractivity contribution is -0.145. The number of carbonyl (C=O) groups is 2. The molecule has 0 aliphatic carbocycles. The monoisotopic (exact) mass is 227 g/mol. The Kier molecular flexibility index (Phi) is 4.33. The summed E-state index contributed by atoms with van der Waals surface area (Å²) in [7, 11) is 1.39. The second-order valence-electron chi connectivity index (χ2n) is 4.83. The number of hydrogen-bond donors (Lipinski definition) is 0. The van der Waals surface area contributed by atoms with Gasteiger partial charge in [-0.1, -0.05) is 20.8 Å². The summed E-state index contributed by atoms with van der Waals surface area (Å²) in [6.07, 6.45) is 0.725. The number of likely N-dealkylation sites (tertiary alicyclic amines) is 1. The first-order valence-electron chi connectivity index (χ1n) is 5.84. The zero-order valence-corrected chi connectivity index (χ0v) is 10.5. The maximum absolute atomic E-state index is 12.0. The van der Waals surface area contributed by atoms with E-state index in [9.17, 15) is 9.59 Å². The van der Waals surface area contributed by atoms with Gasteiger partial charge in [0, 0.05) is 19.0 Å². The van der Waals surface area contributed by atoms with E-state index in [1.165, 1.54) is 7.11 Å². The Morgan fingerprint density at radius 1 is 1.31 bits per heavy atom. The molecule has 4 nitrogen and oxygen atoms in total. The second-order valence-corrected chi connectivity index (χ2v) is 4.83. The average molecular weight is 227 g/mol. The molecule has 1 aliphatic heterocycles. The smallest absolute Gasteiger partial charge is 0.310 e. The van der Waals surface area contributed by atoms with Gasteiger partial charge in [-0.2, -0.15) is 0 Å². The third-order valence-electron chi connectivity index (χ3n) is 3.42. The second kappa shape index (κ2) is 5.32. The summed E-state index contributed by atoms with van der Waals surface area (Å²) in [5.74, 6) is 0.184. The van der Waals surface area contributed by atoms with Crippen molar-refractivity contribution >= 4 is 11.9 Å². The average Bonchev–Trinajstić information content (AvgIpc) is 2.75. The van der Waals surface area contributed by atoms with Gasteiger partial charge >= 0.3 is 5.97 Å². The van der Waals surface area contributed by atoms with Crippen molar-refractivity contribution < 1.29 is 14.3 Å². The fourth-order valence-corrected chi connectivity index (χ4v) is 1.89. The van der Waals surface area contributed by atoms with Gasteiger partial charge in [-0.05, 0) is 12.3 Å². The highest BCUT2D eigenvalue weighted by atomic mass is 16.5. The van der Waals surface area contributed by atoms with Crippen molar-refractivity contribution in [1.82, 2.24) is 4.90 Å². The van der Waals surface area contributed by atoms with Crippen LogP contribution in [0.2, 0.25) is 0 Å². The predicted molar refractivity (Wildman–Crippen MR) is 60.7 cm³/mol. The molecular weight excluding hydrogens is 206 g/mol. The Bertz CT molecular complexity index is 275. The molecular formula is C12H21NO3. The number of ether oxygens (including phenoxy) is 1. The third kappa shape index (κ3) is 2.74. The molecule has 1 amide bonds. The van der Waals surface area contributed by atoms with Gasteiger partial charge in [0.05, 0.1) is 13.0 Å². The van der Waals surface area contributed by atoms with Crippen molar-refractivity contribution in [3.63, 3.8) is 0 Å². The lowest BCUT2D eigenvalue weighted by Crippen LogP contribution is -2.36. The molecule has 0 bridgehead atoms. The zero-order chi connectivity index (χ0) is 12.3. The molecule has 92 valence electrons. The molecule has 0 N–H and O–H groups in total. The van der Waals surface area contributed by atoms with Gasteiger partial charge in [0.2, 0.25) is 5.91 Å². The van der Waals surface area contributed by atoms with Crippen LogP contribution >= 0.6 is 0 Å². The minimum absolute atomic E-state index is 0.0244. The van der Waals surface area contributed by atoms with Crippen LogP contribution in [-0.2, 0) is 14.3 Å². The molecule has 1 fully saturated rings. The minimum Gasteiger partial charge on any atom is -0.469 e. The lowest BCUT2D eigenvalue weighted by atomic mass is 9.97. The highest BCUT2D eigenvalue weighted by Crippen LogP contribution is 2.21. The van der Waals surface area contributed by atoms with Crippen LogP contribution in [0, 0.1) is 17.8 Å². The van der Waals surface area contributed by atoms with Crippen LogP contribution in [0.15, 0.2) is 0 Å². The summed E-state index contributed by atoms with van der Waals surface area (Å²) in [5, 5.41) is 0. The normalized spacial score (nSPS) is 22.3. The SMILES string of the molecule is COC(=O)C1CCN(C(=O)C(C)C(C)C)C1. The first-order chi connectivity index (χ1) is 7.47. The summed E-state index contributed by atoms with van der Waals surface area (Å²) in [4.78, 5) is 25.1. The van der Waals surface area contributed by atoms with Crippen LogP contribution in [0.1, 0.15) is 27.2 Å². The molecule has 0 radical (unpaired) electrons. The van der Waals surface area contributed by atoms with E-state index in [1.54, 1.807) is 4.90 Å². The Labute approximate surface area is 96.9 Å². The Morgan fingerprint density at radius 2 is 1.94 bits per heavy atom. The van der Waals surface area contributed by atoms with Gasteiger partial charge in [0.25, 0.3) is 0 Å². The first-order valence-corrected chi connectivity index (χ1v) is 5.84. The number of carbonyl (C=O) groups excluding carboxylic acids is 2. The van der Waals surface area contributed by atoms with Gasteiger partial charge < -0.3 is 9.64 Å². The largest absolute Gasteiger partial charge is 0.469 e. The molecule has 16 heavy (non-hydrogen) atoms. The summed E-state index contributed by atoms with van der Waals surface area (Å²) in [5.41, 5.74) is 0. The first kappa shape index (κ1) is 13.0. The van der Waals surface area contributed by atoms with Gasteiger partial charge in [-0.15, -0.1) is 0 Å². The summed E-state index contributed by atoms with van der Waals surface area (Å²) >= 11 is 0. The number of nitrogens with zero attached hydrogens (tertiary/aromatic N) is 1. The van der Waals surface area contributed by atoms with Crippen molar-refractivity contribution in [1.29, 1.82) is 0 Å². The quantitative estimate of drug-likeness (QED) is 0.683. The summed E-state index contributed by atoms with van der Waals surface area (Å²) < 4.78 is 4.69. The molecule has 1 saturated heterocycles. The zero-order valence-electron chi connectivity index (χ0n) is 10.5. The van der Waals surface area contributed by atoms with Gasteiger partial charge in [-0.3, -0.25) is 9.59 Å². The number of esters is 1. The standard InChI is InChI=1S/C12H21NO3/c1-8(2)9(3)11(14)13-6-5-10(7-13)12(15)16-4/h8-10H,5-7H2,1-4H3.